The van der Waals surface area contributed by atoms with Crippen LogP contribution in [0, 0.1) is 0 Å². The van der Waals surface area contributed by atoms with E-state index in [-0.39, 0.29) is 0 Å². The average Bonchev–Trinajstić information content (AvgIpc) is 2.96. The summed E-state index contributed by atoms with van der Waals surface area (Å²) in [5.41, 5.74) is 0.916. The molecule has 10 heteroatoms. The zero-order chi connectivity index (χ0) is 18.6. The van der Waals surface area contributed by atoms with Crippen molar-refractivity contribution in [2.75, 3.05) is 35.3 Å². The molecule has 0 radical (unpaired) electrons. The van der Waals surface area contributed by atoms with Crippen LogP contribution in [0.15, 0.2) is 34.3 Å². The van der Waals surface area contributed by atoms with Gasteiger partial charge in [-0.1, -0.05) is 0 Å². The first-order valence-electron chi connectivity index (χ1n) is 7.22. The fourth-order valence-corrected chi connectivity index (χ4v) is 4.08. The van der Waals surface area contributed by atoms with Crippen LogP contribution in [0.1, 0.15) is 0 Å². The SMILES string of the molecule is COc1ccc(-n2c(=NC(=S)N(C)C)ssc2=NC(=S)N(C)C)cc1. The molecule has 0 spiro atoms. The quantitative estimate of drug-likeness (QED) is 0.557. The van der Waals surface area contributed by atoms with Crippen molar-refractivity contribution >= 4 is 55.3 Å². The van der Waals surface area contributed by atoms with E-state index >= 15 is 0 Å². The molecule has 0 aliphatic carbocycles. The number of hydrogen-bond donors (Lipinski definition) is 0. The summed E-state index contributed by atoms with van der Waals surface area (Å²) in [6, 6.07) is 7.70. The van der Waals surface area contributed by atoms with E-state index in [0.717, 1.165) is 21.0 Å². The molecule has 0 saturated heterocycles. The van der Waals surface area contributed by atoms with Gasteiger partial charge in [-0.25, -0.2) is 0 Å². The number of aromatic nitrogens is 1. The third kappa shape index (κ3) is 4.94. The van der Waals surface area contributed by atoms with Crippen molar-refractivity contribution in [1.29, 1.82) is 0 Å². The molecule has 2 rings (SSSR count). The molecule has 0 bridgehead atoms. The lowest BCUT2D eigenvalue weighted by molar-refractivity contribution is 0.414. The highest BCUT2D eigenvalue weighted by molar-refractivity contribution is 7.80. The molecule has 1 heterocycles. The Balaban J connectivity index is 2.69. The third-order valence-electron chi connectivity index (χ3n) is 3.05. The van der Waals surface area contributed by atoms with Gasteiger partial charge in [-0.3, -0.25) is 4.57 Å². The zero-order valence-electron chi connectivity index (χ0n) is 14.6. The summed E-state index contributed by atoms with van der Waals surface area (Å²) in [7, 11) is 12.1. The number of benzene rings is 1. The van der Waals surface area contributed by atoms with Gasteiger partial charge >= 0.3 is 0 Å². The summed E-state index contributed by atoms with van der Waals surface area (Å²) in [5.74, 6) is 0.785. The molecule has 0 unspecified atom stereocenters. The normalized spacial score (nSPS) is 12.2. The van der Waals surface area contributed by atoms with Gasteiger partial charge in [0, 0.05) is 28.2 Å². The predicted octanol–water partition coefficient (Wildman–Crippen LogP) is 2.10. The van der Waals surface area contributed by atoms with Gasteiger partial charge in [0.15, 0.2) is 10.2 Å². The second-order valence-corrected chi connectivity index (χ2v) is 8.14. The molecular weight excluding hydrogens is 394 g/mol. The number of ether oxygens (including phenoxy) is 1. The first-order valence-corrected chi connectivity index (χ1v) is 10.2. The largest absolute Gasteiger partial charge is 0.497 e. The summed E-state index contributed by atoms with van der Waals surface area (Å²) in [6.07, 6.45) is 0. The summed E-state index contributed by atoms with van der Waals surface area (Å²) in [5, 5.41) is 0.996. The maximum Gasteiger partial charge on any atom is 0.209 e. The highest BCUT2D eigenvalue weighted by Crippen LogP contribution is 2.13. The molecule has 0 saturated carbocycles. The Morgan fingerprint density at radius 3 is 1.72 bits per heavy atom. The lowest BCUT2D eigenvalue weighted by Gasteiger charge is -2.10. The van der Waals surface area contributed by atoms with Crippen molar-refractivity contribution in [3.63, 3.8) is 0 Å². The molecule has 134 valence electrons. The molecule has 0 amide bonds. The van der Waals surface area contributed by atoms with Crippen LogP contribution in [-0.2, 0) is 0 Å². The predicted molar refractivity (Wildman–Crippen MR) is 112 cm³/mol. The van der Waals surface area contributed by atoms with Crippen LogP contribution in [0.2, 0.25) is 0 Å². The molecule has 0 aliphatic heterocycles. The Morgan fingerprint density at radius 2 is 1.36 bits per heavy atom. The first-order chi connectivity index (χ1) is 11.8. The standard InChI is InChI=1S/C15H19N5OS4/c1-18(2)12(22)16-14-20(10-6-8-11(21-5)9-7-10)15(25-24-14)17-13(23)19(3)4/h6-9H,1-5H3. The fraction of sp³-hybridized carbons (Fsp3) is 0.333. The topological polar surface area (TPSA) is 45.4 Å². The summed E-state index contributed by atoms with van der Waals surface area (Å²) in [6.45, 7) is 0. The molecular formula is C15H19N5OS4. The minimum atomic E-state index is 0.498. The number of methoxy groups -OCH3 is 1. The van der Waals surface area contributed by atoms with Gasteiger partial charge in [0.05, 0.1) is 12.8 Å². The van der Waals surface area contributed by atoms with Gasteiger partial charge in [0.2, 0.25) is 9.60 Å². The minimum absolute atomic E-state index is 0.498. The number of hydrogen-bond acceptors (Lipinski definition) is 5. The van der Waals surface area contributed by atoms with Crippen LogP contribution in [0.3, 0.4) is 0 Å². The first kappa shape index (κ1) is 19.7. The van der Waals surface area contributed by atoms with E-state index < -0.39 is 0 Å². The molecule has 2 aromatic rings. The van der Waals surface area contributed by atoms with Crippen LogP contribution in [-0.4, -0.2) is 59.9 Å². The molecule has 0 N–H and O–H groups in total. The monoisotopic (exact) mass is 413 g/mol. The van der Waals surface area contributed by atoms with Gasteiger partial charge in [-0.2, -0.15) is 9.98 Å². The summed E-state index contributed by atoms with van der Waals surface area (Å²) in [4.78, 5) is 14.2. The maximum atomic E-state index is 5.32. The zero-order valence-corrected chi connectivity index (χ0v) is 17.9. The van der Waals surface area contributed by atoms with Crippen LogP contribution >= 0.6 is 45.1 Å². The second-order valence-electron chi connectivity index (χ2n) is 5.34. The van der Waals surface area contributed by atoms with E-state index in [0.29, 0.717) is 10.2 Å². The number of thiocarbonyl (C=S) groups is 2. The fourth-order valence-electron chi connectivity index (χ4n) is 1.68. The third-order valence-corrected chi connectivity index (χ3v) is 6.04. The highest BCUT2D eigenvalue weighted by atomic mass is 32.9. The van der Waals surface area contributed by atoms with Crippen LogP contribution in [0.25, 0.3) is 5.69 Å². The van der Waals surface area contributed by atoms with E-state index in [4.69, 9.17) is 29.2 Å². The van der Waals surface area contributed by atoms with Crippen molar-refractivity contribution in [3.8, 4) is 11.4 Å². The number of rotatable bonds is 2. The van der Waals surface area contributed by atoms with Gasteiger partial charge in [0.1, 0.15) is 5.75 Å². The maximum absolute atomic E-state index is 5.32. The molecule has 1 aromatic heterocycles. The molecule has 0 aliphatic rings. The Bertz CT molecular complexity index is 840. The van der Waals surface area contributed by atoms with Gasteiger partial charge < -0.3 is 14.5 Å². The van der Waals surface area contributed by atoms with Crippen molar-refractivity contribution in [2.45, 2.75) is 0 Å². The number of nitrogens with zero attached hydrogens (tertiary/aromatic N) is 5. The van der Waals surface area contributed by atoms with Crippen molar-refractivity contribution in [3.05, 3.63) is 33.9 Å². The molecule has 0 fully saturated rings. The smallest absolute Gasteiger partial charge is 0.209 e. The lowest BCUT2D eigenvalue weighted by atomic mass is 10.3. The van der Waals surface area contributed by atoms with Crippen LogP contribution in [0.4, 0.5) is 0 Å². The van der Waals surface area contributed by atoms with E-state index in [9.17, 15) is 0 Å². The van der Waals surface area contributed by atoms with Crippen molar-refractivity contribution < 1.29 is 4.74 Å². The van der Waals surface area contributed by atoms with E-state index in [1.807, 2.05) is 57.0 Å². The van der Waals surface area contributed by atoms with Crippen molar-refractivity contribution in [2.24, 2.45) is 9.98 Å². The molecule has 6 nitrogen and oxygen atoms in total. The van der Waals surface area contributed by atoms with Crippen LogP contribution in [0.5, 0.6) is 5.75 Å². The Kier molecular flexibility index (Phi) is 6.82. The minimum Gasteiger partial charge on any atom is -0.497 e. The summed E-state index contributed by atoms with van der Waals surface area (Å²) >= 11 is 10.6. The van der Waals surface area contributed by atoms with Gasteiger partial charge in [-0.15, -0.1) is 0 Å². The molecule has 25 heavy (non-hydrogen) atoms. The Hall–Kier alpha value is -1.62. The Labute approximate surface area is 164 Å². The van der Waals surface area contributed by atoms with E-state index in [2.05, 4.69) is 9.98 Å². The molecule has 1 aromatic carbocycles. The van der Waals surface area contributed by atoms with Crippen molar-refractivity contribution in [1.82, 2.24) is 14.4 Å². The van der Waals surface area contributed by atoms with Gasteiger partial charge in [0.25, 0.3) is 0 Å². The van der Waals surface area contributed by atoms with Gasteiger partial charge in [-0.05, 0) is 69.4 Å². The average molecular weight is 414 g/mol. The summed E-state index contributed by atoms with van der Waals surface area (Å²) < 4.78 is 7.18. The molecule has 0 atom stereocenters. The highest BCUT2D eigenvalue weighted by Gasteiger charge is 2.08. The van der Waals surface area contributed by atoms with Crippen LogP contribution < -0.4 is 14.3 Å². The van der Waals surface area contributed by atoms with E-state index in [1.54, 1.807) is 16.9 Å². The second kappa shape index (κ2) is 8.65. The Morgan fingerprint density at radius 1 is 0.920 bits per heavy atom. The van der Waals surface area contributed by atoms with E-state index in [1.165, 1.54) is 20.7 Å². The lowest BCUT2D eigenvalue weighted by Crippen LogP contribution is -2.29.